The van der Waals surface area contributed by atoms with Crippen molar-refractivity contribution in [3.05, 3.63) is 0 Å². The minimum atomic E-state index is -1.56. The lowest BCUT2D eigenvalue weighted by Gasteiger charge is -1.99. The maximum Gasteiger partial charge on any atom is 0.550 e. The van der Waals surface area contributed by atoms with E-state index in [4.69, 9.17) is 5.11 Å². The highest BCUT2D eigenvalue weighted by atomic mass is 16.7. The van der Waals surface area contributed by atoms with Crippen LogP contribution in [-0.2, 0) is 14.6 Å². The van der Waals surface area contributed by atoms with Crippen molar-refractivity contribution in [2.24, 2.45) is 0 Å². The van der Waals surface area contributed by atoms with Crippen LogP contribution in [0.4, 0.5) is 4.79 Å². The standard InChI is InChI=1S/C5H9O5/c6-1-2-9-3-4-10-5(7)8/h6H,1-4H2. The molecule has 1 radical (unpaired) electrons. The summed E-state index contributed by atoms with van der Waals surface area (Å²) in [5.74, 6) is 0. The second-order valence-corrected chi connectivity index (χ2v) is 1.43. The molecule has 10 heavy (non-hydrogen) atoms. The summed E-state index contributed by atoms with van der Waals surface area (Å²) < 4.78 is 8.65. The highest BCUT2D eigenvalue weighted by molar-refractivity contribution is 5.56. The Bertz CT molecular complexity index is 92.0. The zero-order valence-electron chi connectivity index (χ0n) is 5.41. The summed E-state index contributed by atoms with van der Waals surface area (Å²) in [7, 11) is 0. The van der Waals surface area contributed by atoms with Crippen LogP contribution in [-0.4, -0.2) is 37.7 Å². The average Bonchev–Trinajstić information content (AvgIpc) is 1.87. The molecule has 5 nitrogen and oxygen atoms in total. The maximum absolute atomic E-state index is 9.59. The van der Waals surface area contributed by atoms with Gasteiger partial charge < -0.3 is 14.6 Å². The minimum absolute atomic E-state index is 0.0532. The zero-order valence-corrected chi connectivity index (χ0v) is 5.41. The molecule has 5 heteroatoms. The summed E-state index contributed by atoms with van der Waals surface area (Å²) in [5, 5.41) is 17.8. The van der Waals surface area contributed by atoms with Crippen LogP contribution in [0, 0.1) is 0 Å². The predicted molar refractivity (Wildman–Crippen MR) is 29.9 cm³/mol. The molecule has 0 saturated heterocycles. The second-order valence-electron chi connectivity index (χ2n) is 1.43. The maximum atomic E-state index is 9.59. The third-order valence-corrected chi connectivity index (χ3v) is 0.683. The monoisotopic (exact) mass is 149 g/mol. The van der Waals surface area contributed by atoms with Crippen molar-refractivity contribution in [3.8, 4) is 0 Å². The molecule has 0 fully saturated rings. The van der Waals surface area contributed by atoms with Crippen molar-refractivity contribution in [2.75, 3.05) is 26.4 Å². The highest BCUT2D eigenvalue weighted by Crippen LogP contribution is 1.78. The van der Waals surface area contributed by atoms with Gasteiger partial charge in [0.1, 0.15) is 6.61 Å². The van der Waals surface area contributed by atoms with Crippen molar-refractivity contribution in [1.29, 1.82) is 0 Å². The molecule has 0 spiro atoms. The van der Waals surface area contributed by atoms with Gasteiger partial charge in [-0.3, -0.25) is 0 Å². The second kappa shape index (κ2) is 6.31. The molecule has 0 bridgehead atoms. The molecule has 0 aliphatic carbocycles. The Morgan fingerprint density at radius 3 is 2.50 bits per heavy atom. The molecule has 0 unspecified atom stereocenters. The normalized spacial score (nSPS) is 9.30. The third-order valence-electron chi connectivity index (χ3n) is 0.683. The van der Waals surface area contributed by atoms with E-state index in [1.807, 2.05) is 0 Å². The van der Waals surface area contributed by atoms with E-state index >= 15 is 0 Å². The number of rotatable bonds is 5. The van der Waals surface area contributed by atoms with E-state index in [1.165, 1.54) is 0 Å². The average molecular weight is 149 g/mol. The van der Waals surface area contributed by atoms with E-state index in [2.05, 4.69) is 9.47 Å². The number of hydrogen-bond donors (Lipinski definition) is 1. The molecule has 0 aliphatic rings. The van der Waals surface area contributed by atoms with Crippen molar-refractivity contribution in [2.45, 2.75) is 0 Å². The summed E-state index contributed by atoms with van der Waals surface area (Å²) in [5.41, 5.74) is 0. The Hall–Kier alpha value is -0.810. The van der Waals surface area contributed by atoms with Gasteiger partial charge >= 0.3 is 6.16 Å². The van der Waals surface area contributed by atoms with Crippen molar-refractivity contribution >= 4 is 6.16 Å². The lowest BCUT2D eigenvalue weighted by molar-refractivity contribution is 0.0256. The van der Waals surface area contributed by atoms with Crippen LogP contribution >= 0.6 is 0 Å². The van der Waals surface area contributed by atoms with E-state index in [0.717, 1.165) is 0 Å². The molecule has 0 aromatic heterocycles. The number of aliphatic hydroxyl groups is 1. The largest absolute Gasteiger partial charge is 0.550 e. The van der Waals surface area contributed by atoms with Crippen LogP contribution in [0.5, 0.6) is 0 Å². The molecule has 0 aromatic rings. The van der Waals surface area contributed by atoms with Gasteiger partial charge in [0, 0.05) is 0 Å². The van der Waals surface area contributed by atoms with Crippen LogP contribution in [0.3, 0.4) is 0 Å². The first-order valence-corrected chi connectivity index (χ1v) is 2.79. The fourth-order valence-electron chi connectivity index (χ4n) is 0.351. The van der Waals surface area contributed by atoms with Gasteiger partial charge in [-0.1, -0.05) is 0 Å². The van der Waals surface area contributed by atoms with Gasteiger partial charge in [-0.15, -0.1) is 0 Å². The third kappa shape index (κ3) is 7.19. The van der Waals surface area contributed by atoms with E-state index in [0.29, 0.717) is 0 Å². The van der Waals surface area contributed by atoms with Crippen molar-refractivity contribution in [1.82, 2.24) is 0 Å². The molecule has 59 valence electrons. The van der Waals surface area contributed by atoms with Gasteiger partial charge in [-0.05, 0) is 0 Å². The fraction of sp³-hybridized carbons (Fsp3) is 0.800. The van der Waals surface area contributed by atoms with Crippen LogP contribution in [0.1, 0.15) is 0 Å². The van der Waals surface area contributed by atoms with Gasteiger partial charge in [-0.2, -0.15) is 9.90 Å². The lowest BCUT2D eigenvalue weighted by Crippen LogP contribution is -2.09. The first kappa shape index (κ1) is 9.19. The van der Waals surface area contributed by atoms with Crippen LogP contribution in [0.25, 0.3) is 0 Å². The Morgan fingerprint density at radius 1 is 1.30 bits per heavy atom. The summed E-state index contributed by atoms with van der Waals surface area (Å²) in [6.45, 7) is 0.207. The minimum Gasteiger partial charge on any atom is -0.429 e. The Morgan fingerprint density at radius 2 is 2.00 bits per heavy atom. The molecular weight excluding hydrogens is 140 g/mol. The summed E-state index contributed by atoms with van der Waals surface area (Å²) in [6.07, 6.45) is -1.56. The Balaban J connectivity index is 2.84. The lowest BCUT2D eigenvalue weighted by atomic mass is 10.7. The van der Waals surface area contributed by atoms with Gasteiger partial charge in [0.2, 0.25) is 0 Å². The van der Waals surface area contributed by atoms with E-state index in [-0.39, 0.29) is 26.4 Å². The quantitative estimate of drug-likeness (QED) is 0.424. The van der Waals surface area contributed by atoms with Gasteiger partial charge in [-0.25, -0.2) is 0 Å². The topological polar surface area (TPSA) is 75.7 Å². The zero-order chi connectivity index (χ0) is 7.82. The van der Waals surface area contributed by atoms with Gasteiger partial charge in [0.05, 0.1) is 19.8 Å². The van der Waals surface area contributed by atoms with Crippen LogP contribution in [0.15, 0.2) is 0 Å². The number of hydrogen-bond acceptors (Lipinski definition) is 4. The Labute approximate surface area is 58.2 Å². The van der Waals surface area contributed by atoms with Crippen LogP contribution in [0.2, 0.25) is 0 Å². The predicted octanol–water partition coefficient (Wildman–Crippen LogP) is -0.438. The molecule has 0 saturated carbocycles. The number of carbonyl (C=O) groups is 1. The number of ether oxygens (including phenoxy) is 2. The molecular formula is C5H9O5. The SMILES string of the molecule is [O]C(=O)OCCOCCO. The van der Waals surface area contributed by atoms with E-state index < -0.39 is 6.16 Å². The molecule has 0 aliphatic heterocycles. The number of carbonyl (C=O) groups excluding carboxylic acids is 1. The molecule has 1 N–H and O–H groups in total. The fourth-order valence-corrected chi connectivity index (χ4v) is 0.351. The molecule has 0 heterocycles. The van der Waals surface area contributed by atoms with Crippen LogP contribution < -0.4 is 0 Å². The first-order chi connectivity index (χ1) is 4.77. The van der Waals surface area contributed by atoms with Crippen molar-refractivity contribution < 1.29 is 24.5 Å². The summed E-state index contributed by atoms with van der Waals surface area (Å²) in [4.78, 5) is 9.59. The number of aliphatic hydroxyl groups excluding tert-OH is 1. The summed E-state index contributed by atoms with van der Waals surface area (Å²) in [6, 6.07) is 0. The van der Waals surface area contributed by atoms with E-state index in [1.54, 1.807) is 0 Å². The molecule has 0 atom stereocenters. The summed E-state index contributed by atoms with van der Waals surface area (Å²) >= 11 is 0. The van der Waals surface area contributed by atoms with Crippen molar-refractivity contribution in [3.63, 3.8) is 0 Å². The molecule has 0 amide bonds. The Kier molecular flexibility index (Phi) is 5.80. The molecule has 0 aromatic carbocycles. The van der Waals surface area contributed by atoms with Gasteiger partial charge in [0.25, 0.3) is 0 Å². The van der Waals surface area contributed by atoms with E-state index in [9.17, 15) is 9.90 Å². The highest BCUT2D eigenvalue weighted by Gasteiger charge is 1.96. The first-order valence-electron chi connectivity index (χ1n) is 2.79. The van der Waals surface area contributed by atoms with Gasteiger partial charge in [0.15, 0.2) is 0 Å². The smallest absolute Gasteiger partial charge is 0.429 e. The molecule has 0 rings (SSSR count).